The fraction of sp³-hybridized carbons (Fsp3) is 0.269. The minimum absolute atomic E-state index is 0.0800. The van der Waals surface area contributed by atoms with Crippen LogP contribution in [0.25, 0.3) is 11.3 Å². The van der Waals surface area contributed by atoms with Crippen LogP contribution in [0.4, 0.5) is 5.69 Å². The molecule has 2 aromatic carbocycles. The van der Waals surface area contributed by atoms with Gasteiger partial charge in [0.15, 0.2) is 0 Å². The fourth-order valence-corrected chi connectivity index (χ4v) is 4.64. The lowest BCUT2D eigenvalue weighted by atomic mass is 10.0. The second kappa shape index (κ2) is 10.2. The van der Waals surface area contributed by atoms with Crippen molar-refractivity contribution in [2.24, 2.45) is 0 Å². The van der Waals surface area contributed by atoms with E-state index in [0.29, 0.717) is 47.4 Å². The molecule has 4 rings (SSSR count). The highest BCUT2D eigenvalue weighted by Crippen LogP contribution is 2.35. The minimum Gasteiger partial charge on any atom is -0.497 e. The van der Waals surface area contributed by atoms with Crippen LogP contribution in [0.1, 0.15) is 32.0 Å². The molecule has 0 saturated heterocycles. The number of hydrogen-bond donors (Lipinski definition) is 1. The molecule has 0 radical (unpaired) electrons. The highest BCUT2D eigenvalue weighted by atomic mass is 35.5. The van der Waals surface area contributed by atoms with Crippen molar-refractivity contribution in [3.8, 4) is 11.4 Å². The minimum atomic E-state index is -0.556. The summed E-state index contributed by atoms with van der Waals surface area (Å²) in [5.41, 5.74) is 1.38. The van der Waals surface area contributed by atoms with Crippen LogP contribution in [-0.4, -0.2) is 46.7 Å². The van der Waals surface area contributed by atoms with E-state index in [1.165, 1.54) is 11.8 Å². The first-order chi connectivity index (χ1) is 17.3. The van der Waals surface area contributed by atoms with Crippen molar-refractivity contribution in [1.82, 2.24) is 14.7 Å². The number of imide groups is 1. The number of methoxy groups -OCH3 is 1. The quantitative estimate of drug-likeness (QED) is 0.429. The first-order valence-corrected chi connectivity index (χ1v) is 12.3. The van der Waals surface area contributed by atoms with Crippen LogP contribution in [-0.2, 0) is 16.0 Å². The Morgan fingerprint density at radius 3 is 2.08 bits per heavy atom. The summed E-state index contributed by atoms with van der Waals surface area (Å²) in [4.78, 5) is 44.2. The summed E-state index contributed by atoms with van der Waals surface area (Å²) in [5, 5.41) is 3.74. The monoisotopic (exact) mass is 528 g/mol. The van der Waals surface area contributed by atoms with Crippen molar-refractivity contribution >= 4 is 46.3 Å². The number of aromatic amines is 1. The number of benzene rings is 2. The number of halogens is 2. The van der Waals surface area contributed by atoms with Gasteiger partial charge in [-0.1, -0.05) is 30.1 Å². The SMILES string of the molecule is CCc1[nH]n(-c2ccc(Cl)c(Cl)c2)c(=O)c1C1=C(N(CC)CC)C(=O)N(c2ccc(OC)cc2)C1=O. The number of ether oxygens (including phenoxy) is 1. The Balaban J connectivity index is 1.94. The van der Waals surface area contributed by atoms with Gasteiger partial charge in [-0.05, 0) is 62.7 Å². The average Bonchev–Trinajstić information content (AvgIpc) is 3.34. The Bertz CT molecular complexity index is 1420. The molecule has 1 aromatic heterocycles. The van der Waals surface area contributed by atoms with E-state index >= 15 is 0 Å². The fourth-order valence-electron chi connectivity index (χ4n) is 4.34. The van der Waals surface area contributed by atoms with E-state index in [1.54, 1.807) is 47.4 Å². The van der Waals surface area contributed by atoms with Gasteiger partial charge in [0, 0.05) is 18.8 Å². The third-order valence-corrected chi connectivity index (χ3v) is 6.94. The van der Waals surface area contributed by atoms with Gasteiger partial charge in [0.1, 0.15) is 11.4 Å². The molecule has 2 heterocycles. The molecular formula is C26H26Cl2N4O4. The predicted molar refractivity (Wildman–Crippen MR) is 141 cm³/mol. The molecule has 2 amide bonds. The summed E-state index contributed by atoms with van der Waals surface area (Å²) in [6, 6.07) is 11.4. The molecule has 0 fully saturated rings. The van der Waals surface area contributed by atoms with Gasteiger partial charge in [-0.15, -0.1) is 0 Å². The van der Waals surface area contributed by atoms with Crippen LogP contribution in [0.3, 0.4) is 0 Å². The molecule has 3 aromatic rings. The molecule has 0 spiro atoms. The highest BCUT2D eigenvalue weighted by molar-refractivity contribution is 6.45. The van der Waals surface area contributed by atoms with Gasteiger partial charge in [0.2, 0.25) is 0 Å². The van der Waals surface area contributed by atoms with Crippen molar-refractivity contribution in [3.63, 3.8) is 0 Å². The molecule has 8 nitrogen and oxygen atoms in total. The second-order valence-corrected chi connectivity index (χ2v) is 8.91. The Morgan fingerprint density at radius 1 is 0.889 bits per heavy atom. The Hall–Kier alpha value is -3.49. The standard InChI is InChI=1S/C26H26Cl2N4O4/c1-5-20-21(25(34)32(29-20)16-10-13-18(27)19(28)14-16)22-23(30(6-2)7-3)26(35)31(24(22)33)15-8-11-17(36-4)12-9-15/h8-14,29H,5-7H2,1-4H3. The van der Waals surface area contributed by atoms with Crippen LogP contribution in [0, 0.1) is 0 Å². The van der Waals surface area contributed by atoms with Gasteiger partial charge in [-0.3, -0.25) is 19.5 Å². The third kappa shape index (κ3) is 4.20. The molecule has 1 aliphatic heterocycles. The second-order valence-electron chi connectivity index (χ2n) is 8.10. The lowest BCUT2D eigenvalue weighted by Crippen LogP contribution is -2.35. The molecule has 1 aliphatic rings. The summed E-state index contributed by atoms with van der Waals surface area (Å²) >= 11 is 12.2. The van der Waals surface area contributed by atoms with Gasteiger partial charge in [-0.2, -0.15) is 0 Å². The van der Waals surface area contributed by atoms with Crippen molar-refractivity contribution in [2.45, 2.75) is 27.2 Å². The average molecular weight is 529 g/mol. The largest absolute Gasteiger partial charge is 0.497 e. The van der Waals surface area contributed by atoms with Gasteiger partial charge in [0.25, 0.3) is 17.4 Å². The Kier molecular flexibility index (Phi) is 7.28. The van der Waals surface area contributed by atoms with Crippen molar-refractivity contribution in [3.05, 3.63) is 79.8 Å². The van der Waals surface area contributed by atoms with Gasteiger partial charge < -0.3 is 9.64 Å². The van der Waals surface area contributed by atoms with Crippen LogP contribution >= 0.6 is 23.2 Å². The van der Waals surface area contributed by atoms with Crippen molar-refractivity contribution in [2.75, 3.05) is 25.1 Å². The Morgan fingerprint density at radius 2 is 1.53 bits per heavy atom. The number of amides is 2. The number of carbonyl (C=O) groups is 2. The zero-order valence-corrected chi connectivity index (χ0v) is 21.9. The molecule has 0 saturated carbocycles. The number of nitrogens with zero attached hydrogens (tertiary/aromatic N) is 3. The molecule has 36 heavy (non-hydrogen) atoms. The molecule has 0 atom stereocenters. The number of aryl methyl sites for hydroxylation is 1. The van der Waals surface area contributed by atoms with E-state index in [4.69, 9.17) is 27.9 Å². The van der Waals surface area contributed by atoms with E-state index < -0.39 is 17.4 Å². The summed E-state index contributed by atoms with van der Waals surface area (Å²) < 4.78 is 6.52. The molecule has 1 N–H and O–H groups in total. The third-order valence-electron chi connectivity index (χ3n) is 6.20. The maximum Gasteiger partial charge on any atom is 0.282 e. The molecule has 0 bridgehead atoms. The predicted octanol–water partition coefficient (Wildman–Crippen LogP) is 4.67. The highest BCUT2D eigenvalue weighted by Gasteiger charge is 2.44. The van der Waals surface area contributed by atoms with Gasteiger partial charge in [-0.25, -0.2) is 9.58 Å². The summed E-state index contributed by atoms with van der Waals surface area (Å²) in [6.45, 7) is 6.63. The molecule has 188 valence electrons. The number of anilines is 1. The lowest BCUT2D eigenvalue weighted by Gasteiger charge is -2.22. The number of likely N-dealkylation sites (N-methyl/N-ethyl adjacent to an activating group) is 1. The van der Waals surface area contributed by atoms with E-state index in [1.807, 2.05) is 20.8 Å². The first-order valence-electron chi connectivity index (χ1n) is 11.6. The first kappa shape index (κ1) is 25.6. The van der Waals surface area contributed by atoms with Crippen LogP contribution in [0.5, 0.6) is 5.75 Å². The normalized spacial score (nSPS) is 13.7. The van der Waals surface area contributed by atoms with Crippen molar-refractivity contribution < 1.29 is 14.3 Å². The number of H-pyrrole nitrogens is 1. The van der Waals surface area contributed by atoms with Crippen LogP contribution in [0.15, 0.2) is 53.0 Å². The summed E-state index contributed by atoms with van der Waals surface area (Å²) in [5.74, 6) is -0.440. The van der Waals surface area contributed by atoms with Gasteiger partial charge >= 0.3 is 0 Å². The van der Waals surface area contributed by atoms with Crippen LogP contribution < -0.4 is 15.2 Å². The maximum atomic E-state index is 13.9. The number of rotatable bonds is 8. The van der Waals surface area contributed by atoms with Crippen LogP contribution in [0.2, 0.25) is 10.0 Å². The summed E-state index contributed by atoms with van der Waals surface area (Å²) in [7, 11) is 1.54. The molecular weight excluding hydrogens is 503 g/mol. The topological polar surface area (TPSA) is 87.6 Å². The smallest absolute Gasteiger partial charge is 0.282 e. The van der Waals surface area contributed by atoms with Gasteiger partial charge in [0.05, 0.1) is 39.7 Å². The zero-order valence-electron chi connectivity index (χ0n) is 20.4. The Labute approximate surface area is 218 Å². The number of aromatic nitrogens is 2. The molecule has 0 unspecified atom stereocenters. The number of carbonyl (C=O) groups excluding carboxylic acids is 2. The van der Waals surface area contributed by atoms with E-state index in [0.717, 1.165) is 4.90 Å². The van der Waals surface area contributed by atoms with E-state index in [-0.39, 0.29) is 21.9 Å². The van der Waals surface area contributed by atoms with E-state index in [2.05, 4.69) is 5.10 Å². The molecule has 0 aliphatic carbocycles. The lowest BCUT2D eigenvalue weighted by molar-refractivity contribution is -0.120. The zero-order chi connectivity index (χ0) is 26.1. The number of hydrogen-bond acceptors (Lipinski definition) is 5. The summed E-state index contributed by atoms with van der Waals surface area (Å²) in [6.07, 6.45) is 0.429. The van der Waals surface area contributed by atoms with Crippen molar-refractivity contribution in [1.29, 1.82) is 0 Å². The molecule has 10 heteroatoms. The maximum absolute atomic E-state index is 13.9. The van der Waals surface area contributed by atoms with E-state index in [9.17, 15) is 14.4 Å². The number of nitrogens with one attached hydrogen (secondary N) is 1.